The van der Waals surface area contributed by atoms with Crippen LogP contribution in [0, 0.1) is 0 Å². The molecule has 176 valence electrons. The Kier molecular flexibility index (Phi) is 6.27. The van der Waals surface area contributed by atoms with Gasteiger partial charge in [-0.2, -0.15) is 0 Å². The minimum atomic E-state index is -1.20. The lowest BCUT2D eigenvalue weighted by Gasteiger charge is -2.35. The lowest BCUT2D eigenvalue weighted by Crippen LogP contribution is -2.48. The minimum absolute atomic E-state index is 0.0481. The van der Waals surface area contributed by atoms with Gasteiger partial charge in [-0.3, -0.25) is 14.5 Å². The number of pyridine rings is 1. The molecule has 0 aliphatic carbocycles. The van der Waals surface area contributed by atoms with Crippen molar-refractivity contribution < 1.29 is 19.4 Å². The number of thiazole rings is 1. The molecule has 0 unspecified atom stereocenters. The fraction of sp³-hybridized carbons (Fsp3) is 0.333. The molecule has 1 saturated heterocycles. The van der Waals surface area contributed by atoms with E-state index in [0.29, 0.717) is 37.9 Å². The van der Waals surface area contributed by atoms with Crippen LogP contribution in [0.25, 0.3) is 11.3 Å². The van der Waals surface area contributed by atoms with Gasteiger partial charge in [-0.1, -0.05) is 24.3 Å². The summed E-state index contributed by atoms with van der Waals surface area (Å²) in [4.78, 5) is 39.2. The number of aliphatic hydroxyl groups is 1. The van der Waals surface area contributed by atoms with Crippen LogP contribution in [-0.4, -0.2) is 70.8 Å². The van der Waals surface area contributed by atoms with Crippen LogP contribution in [0.15, 0.2) is 48.0 Å². The zero-order valence-corrected chi connectivity index (χ0v) is 19.6. The van der Waals surface area contributed by atoms with E-state index in [-0.39, 0.29) is 18.2 Å². The highest BCUT2D eigenvalue weighted by molar-refractivity contribution is 7.14. The van der Waals surface area contributed by atoms with Crippen molar-refractivity contribution in [3.63, 3.8) is 0 Å². The molecular weight excluding hydrogens is 454 g/mol. The number of benzene rings is 1. The van der Waals surface area contributed by atoms with Gasteiger partial charge in [0.05, 0.1) is 30.8 Å². The van der Waals surface area contributed by atoms with Crippen molar-refractivity contribution in [2.24, 2.45) is 0 Å². The van der Waals surface area contributed by atoms with Gasteiger partial charge in [-0.15, -0.1) is 11.3 Å². The van der Waals surface area contributed by atoms with Crippen molar-refractivity contribution in [2.45, 2.75) is 19.8 Å². The second-order valence-corrected chi connectivity index (χ2v) is 9.07. The highest BCUT2D eigenvalue weighted by Crippen LogP contribution is 2.32. The van der Waals surface area contributed by atoms with Crippen LogP contribution in [0.3, 0.4) is 0 Å². The average molecular weight is 480 g/mol. The van der Waals surface area contributed by atoms with Crippen molar-refractivity contribution >= 4 is 34.0 Å². The smallest absolute Gasteiger partial charge is 0.280 e. The fourth-order valence-electron chi connectivity index (χ4n) is 4.20. The Morgan fingerprint density at radius 3 is 2.65 bits per heavy atom. The third-order valence-electron chi connectivity index (χ3n) is 6.09. The van der Waals surface area contributed by atoms with Crippen LogP contribution in [0.1, 0.15) is 23.0 Å². The summed E-state index contributed by atoms with van der Waals surface area (Å²) in [5, 5.41) is 13.1. The second-order valence-electron chi connectivity index (χ2n) is 8.24. The Hall–Kier alpha value is -3.34. The van der Waals surface area contributed by atoms with Crippen LogP contribution in [0.4, 0.5) is 10.8 Å². The predicted molar refractivity (Wildman–Crippen MR) is 129 cm³/mol. The molecule has 2 bridgehead atoms. The molecule has 9 nitrogen and oxygen atoms in total. The molecule has 0 saturated carbocycles. The van der Waals surface area contributed by atoms with Gasteiger partial charge in [-0.05, 0) is 17.7 Å². The molecule has 34 heavy (non-hydrogen) atoms. The highest BCUT2D eigenvalue weighted by Gasteiger charge is 2.30. The topological polar surface area (TPSA) is 99.1 Å². The number of carbonyl (C=O) groups excluding carboxylic acids is 2. The summed E-state index contributed by atoms with van der Waals surface area (Å²) in [5.41, 5.74) is 3.75. The SMILES string of the molecule is CC(=O)N1CCN(c2ccc(C(=O)N3c4nc(cs4)-c4ccccc4COC[C@H]3O)nc2)CC1. The molecule has 0 radical (unpaired) electrons. The van der Waals surface area contributed by atoms with E-state index >= 15 is 0 Å². The lowest BCUT2D eigenvalue weighted by molar-refractivity contribution is -0.129. The molecule has 1 aromatic carbocycles. The molecule has 2 aromatic heterocycles. The number of anilines is 2. The zero-order chi connectivity index (χ0) is 23.7. The number of amides is 2. The van der Waals surface area contributed by atoms with Crippen LogP contribution in [0.2, 0.25) is 0 Å². The van der Waals surface area contributed by atoms with E-state index in [0.717, 1.165) is 22.5 Å². The van der Waals surface area contributed by atoms with Gasteiger partial charge in [0.25, 0.3) is 5.91 Å². The van der Waals surface area contributed by atoms with Crippen molar-refractivity contribution in [2.75, 3.05) is 42.6 Å². The van der Waals surface area contributed by atoms with E-state index in [4.69, 9.17) is 4.74 Å². The number of ether oxygens (including phenoxy) is 1. The fourth-order valence-corrected chi connectivity index (χ4v) is 5.06. The Morgan fingerprint density at radius 1 is 1.12 bits per heavy atom. The Bertz CT molecular complexity index is 1190. The maximum Gasteiger partial charge on any atom is 0.280 e. The van der Waals surface area contributed by atoms with Crippen LogP contribution < -0.4 is 9.80 Å². The molecule has 1 N–H and O–H groups in total. The van der Waals surface area contributed by atoms with Gasteiger partial charge in [0.2, 0.25) is 5.91 Å². The summed E-state index contributed by atoms with van der Waals surface area (Å²) in [6, 6.07) is 11.3. The minimum Gasteiger partial charge on any atom is -0.372 e. The number of rotatable bonds is 2. The summed E-state index contributed by atoms with van der Waals surface area (Å²) in [5.74, 6) is -0.367. The first kappa shape index (κ1) is 22.5. The van der Waals surface area contributed by atoms with Crippen LogP contribution in [-0.2, 0) is 16.1 Å². The maximum absolute atomic E-state index is 13.4. The number of nitrogens with zero attached hydrogens (tertiary/aromatic N) is 5. The van der Waals surface area contributed by atoms with E-state index in [1.807, 2.05) is 40.6 Å². The highest BCUT2D eigenvalue weighted by atomic mass is 32.1. The van der Waals surface area contributed by atoms with Gasteiger partial charge in [0, 0.05) is 44.0 Å². The largest absolute Gasteiger partial charge is 0.372 e. The molecule has 4 heterocycles. The maximum atomic E-state index is 13.4. The molecule has 1 atom stereocenters. The number of hydrogen-bond donors (Lipinski definition) is 1. The van der Waals surface area contributed by atoms with Crippen molar-refractivity contribution in [1.29, 1.82) is 0 Å². The van der Waals surface area contributed by atoms with E-state index in [1.165, 1.54) is 16.2 Å². The Balaban J connectivity index is 1.37. The third-order valence-corrected chi connectivity index (χ3v) is 6.93. The molecule has 2 amide bonds. The second kappa shape index (κ2) is 9.49. The first-order valence-corrected chi connectivity index (χ1v) is 12.0. The van der Waals surface area contributed by atoms with Crippen molar-refractivity contribution in [3.8, 4) is 11.3 Å². The molecular formula is C24H25N5O4S. The number of aromatic nitrogens is 2. The number of piperazine rings is 1. The first-order chi connectivity index (χ1) is 16.5. The first-order valence-electron chi connectivity index (χ1n) is 11.1. The van der Waals surface area contributed by atoms with Crippen LogP contribution in [0.5, 0.6) is 0 Å². The van der Waals surface area contributed by atoms with Gasteiger partial charge in [0.15, 0.2) is 11.4 Å². The zero-order valence-electron chi connectivity index (χ0n) is 18.8. The quantitative estimate of drug-likeness (QED) is 0.602. The molecule has 3 aromatic rings. The standard InChI is InChI=1S/C24H25N5O4S/c1-16(30)27-8-10-28(11-9-27)18-6-7-20(25-12-18)23(32)29-22(31)14-33-13-17-4-2-3-5-19(17)21-15-34-24(29)26-21/h2-7,12,15,22,31H,8-11,13-14H2,1H3/t22-/m1/s1. The van der Waals surface area contributed by atoms with Crippen molar-refractivity contribution in [1.82, 2.24) is 14.9 Å². The Labute approximate surface area is 201 Å². The van der Waals surface area contributed by atoms with Gasteiger partial charge in [0.1, 0.15) is 5.69 Å². The van der Waals surface area contributed by atoms with Crippen LogP contribution >= 0.6 is 11.3 Å². The van der Waals surface area contributed by atoms with E-state index in [9.17, 15) is 14.7 Å². The van der Waals surface area contributed by atoms with Gasteiger partial charge < -0.3 is 19.6 Å². The van der Waals surface area contributed by atoms with Gasteiger partial charge in [-0.25, -0.2) is 9.97 Å². The molecule has 5 rings (SSSR count). The lowest BCUT2D eigenvalue weighted by atomic mass is 10.1. The monoisotopic (exact) mass is 479 g/mol. The molecule has 10 heteroatoms. The van der Waals surface area contributed by atoms with Crippen molar-refractivity contribution in [3.05, 3.63) is 59.2 Å². The summed E-state index contributed by atoms with van der Waals surface area (Å²) >= 11 is 1.29. The molecule has 2 aliphatic rings. The predicted octanol–water partition coefficient (Wildman–Crippen LogP) is 2.37. The number of fused-ring (bicyclic) bond motifs is 4. The van der Waals surface area contributed by atoms with E-state index < -0.39 is 12.1 Å². The van der Waals surface area contributed by atoms with E-state index in [2.05, 4.69) is 14.9 Å². The van der Waals surface area contributed by atoms with E-state index in [1.54, 1.807) is 19.2 Å². The average Bonchev–Trinajstić information content (AvgIpc) is 3.33. The molecule has 1 fully saturated rings. The van der Waals surface area contributed by atoms with Gasteiger partial charge >= 0.3 is 0 Å². The normalized spacial score (nSPS) is 18.4. The summed E-state index contributed by atoms with van der Waals surface area (Å²) in [6.07, 6.45) is 0.461. The number of carbonyl (C=O) groups is 2. The molecule has 2 aliphatic heterocycles. The molecule has 0 spiro atoms. The number of hydrogen-bond acceptors (Lipinski definition) is 8. The Morgan fingerprint density at radius 2 is 1.91 bits per heavy atom. The third kappa shape index (κ3) is 4.39. The summed E-state index contributed by atoms with van der Waals surface area (Å²) < 4.78 is 5.72. The number of aliphatic hydroxyl groups excluding tert-OH is 1. The summed E-state index contributed by atoms with van der Waals surface area (Å²) in [6.45, 7) is 4.58. The summed E-state index contributed by atoms with van der Waals surface area (Å²) in [7, 11) is 0.